The number of carbonyl (C=O) groups excluding carboxylic acids is 1. The van der Waals surface area contributed by atoms with Crippen LogP contribution in [-0.4, -0.2) is 23.9 Å². The molecule has 0 bridgehead atoms. The van der Waals surface area contributed by atoms with Crippen LogP contribution in [0.3, 0.4) is 0 Å². The molecule has 9 heavy (non-hydrogen) atoms. The first-order valence-corrected chi connectivity index (χ1v) is 3.39. The van der Waals surface area contributed by atoms with Gasteiger partial charge in [0.25, 0.3) is 0 Å². The molecule has 2 unspecified atom stereocenters. The largest absolute Gasteiger partial charge is 0.343 e. The van der Waals surface area contributed by atoms with Crippen molar-refractivity contribution < 1.29 is 4.79 Å². The Labute approximate surface area is 55.8 Å². The molecule has 0 aromatic heterocycles. The lowest BCUT2D eigenvalue weighted by atomic mass is 10.1. The summed E-state index contributed by atoms with van der Waals surface area (Å²) in [5.74, 6) is 0.549. The number of nitrogens with zero attached hydrogens (tertiary/aromatic N) is 1. The van der Waals surface area contributed by atoms with Gasteiger partial charge in [0.2, 0.25) is 5.91 Å². The molecule has 1 amide bonds. The van der Waals surface area contributed by atoms with Gasteiger partial charge in [-0.3, -0.25) is 4.79 Å². The van der Waals surface area contributed by atoms with Crippen molar-refractivity contribution in [2.45, 2.75) is 26.3 Å². The van der Waals surface area contributed by atoms with Gasteiger partial charge in [-0.25, -0.2) is 0 Å². The first-order chi connectivity index (χ1) is 4.13. The van der Waals surface area contributed by atoms with Gasteiger partial charge >= 0.3 is 0 Å². The van der Waals surface area contributed by atoms with Crippen molar-refractivity contribution in [3.05, 3.63) is 0 Å². The lowest BCUT2D eigenvalue weighted by Crippen LogP contribution is -2.26. The fourth-order valence-electron chi connectivity index (χ4n) is 1.34. The van der Waals surface area contributed by atoms with Gasteiger partial charge in [-0.15, -0.1) is 0 Å². The van der Waals surface area contributed by atoms with Crippen LogP contribution in [0.15, 0.2) is 0 Å². The third-order valence-corrected chi connectivity index (χ3v) is 2.13. The number of rotatable bonds is 0. The molecule has 1 aliphatic heterocycles. The van der Waals surface area contributed by atoms with Crippen molar-refractivity contribution in [2.75, 3.05) is 7.05 Å². The zero-order valence-corrected chi connectivity index (χ0v) is 6.22. The van der Waals surface area contributed by atoms with E-state index in [1.807, 2.05) is 18.9 Å². The average Bonchev–Trinajstić information content (AvgIpc) is 1.98. The molecule has 2 atom stereocenters. The summed E-state index contributed by atoms with van der Waals surface area (Å²) in [7, 11) is 1.87. The van der Waals surface area contributed by atoms with Gasteiger partial charge in [-0.2, -0.15) is 0 Å². The van der Waals surface area contributed by atoms with E-state index in [-0.39, 0.29) is 5.92 Å². The van der Waals surface area contributed by atoms with Crippen molar-refractivity contribution in [3.8, 4) is 0 Å². The number of hydrogen-bond donors (Lipinski definition) is 0. The van der Waals surface area contributed by atoms with Crippen molar-refractivity contribution in [3.63, 3.8) is 0 Å². The predicted octanol–water partition coefficient (Wildman–Crippen LogP) is 0.873. The van der Waals surface area contributed by atoms with Gasteiger partial charge in [0.1, 0.15) is 0 Å². The minimum Gasteiger partial charge on any atom is -0.343 e. The highest BCUT2D eigenvalue weighted by atomic mass is 16.2. The predicted molar refractivity (Wildman–Crippen MR) is 36.0 cm³/mol. The summed E-state index contributed by atoms with van der Waals surface area (Å²) in [5, 5.41) is 0. The quantitative estimate of drug-likeness (QED) is 0.473. The maximum atomic E-state index is 11.0. The molecule has 0 N–H and O–H groups in total. The van der Waals surface area contributed by atoms with Crippen molar-refractivity contribution >= 4 is 5.91 Å². The Kier molecular flexibility index (Phi) is 1.47. The first-order valence-electron chi connectivity index (χ1n) is 3.39. The van der Waals surface area contributed by atoms with E-state index >= 15 is 0 Å². The van der Waals surface area contributed by atoms with Gasteiger partial charge in [-0.05, 0) is 13.3 Å². The van der Waals surface area contributed by atoms with Crippen LogP contribution in [-0.2, 0) is 4.79 Å². The minimum absolute atomic E-state index is 0.255. The Morgan fingerprint density at radius 3 is 2.22 bits per heavy atom. The van der Waals surface area contributed by atoms with Crippen LogP contribution >= 0.6 is 0 Å². The van der Waals surface area contributed by atoms with Crippen LogP contribution in [0.25, 0.3) is 0 Å². The van der Waals surface area contributed by atoms with Crippen LogP contribution in [0.1, 0.15) is 20.3 Å². The van der Waals surface area contributed by atoms with Crippen LogP contribution in [0.5, 0.6) is 0 Å². The highest BCUT2D eigenvalue weighted by Crippen LogP contribution is 2.21. The zero-order valence-electron chi connectivity index (χ0n) is 6.22. The smallest absolute Gasteiger partial charge is 0.225 e. The van der Waals surface area contributed by atoms with Gasteiger partial charge in [-0.1, -0.05) is 6.92 Å². The normalized spacial score (nSPS) is 35.9. The van der Waals surface area contributed by atoms with Crippen molar-refractivity contribution in [1.82, 2.24) is 4.90 Å². The molecule has 1 aliphatic rings. The molecule has 1 saturated heterocycles. The second-order valence-corrected chi connectivity index (χ2v) is 2.93. The van der Waals surface area contributed by atoms with Crippen molar-refractivity contribution in [1.29, 1.82) is 0 Å². The zero-order chi connectivity index (χ0) is 7.02. The lowest BCUT2D eigenvalue weighted by Gasteiger charge is -2.13. The molecule has 0 saturated carbocycles. The van der Waals surface area contributed by atoms with Gasteiger partial charge in [0.05, 0.1) is 0 Å². The van der Waals surface area contributed by atoms with Gasteiger partial charge in [0, 0.05) is 19.0 Å². The lowest BCUT2D eigenvalue weighted by molar-refractivity contribution is -0.130. The molecule has 2 heteroatoms. The Balaban J connectivity index is 2.65. The first kappa shape index (κ1) is 6.59. The fraction of sp³-hybridized carbons (Fsp3) is 0.857. The van der Waals surface area contributed by atoms with Crippen LogP contribution in [0.2, 0.25) is 0 Å². The van der Waals surface area contributed by atoms with E-state index in [1.165, 1.54) is 0 Å². The van der Waals surface area contributed by atoms with Crippen LogP contribution in [0.4, 0.5) is 0 Å². The third kappa shape index (κ3) is 0.934. The third-order valence-electron chi connectivity index (χ3n) is 2.13. The van der Waals surface area contributed by atoms with E-state index in [1.54, 1.807) is 0 Å². The van der Waals surface area contributed by atoms with Gasteiger partial charge < -0.3 is 4.90 Å². The van der Waals surface area contributed by atoms with Gasteiger partial charge in [0.15, 0.2) is 0 Å². The summed E-state index contributed by atoms with van der Waals surface area (Å²) in [4.78, 5) is 12.9. The monoisotopic (exact) mass is 127 g/mol. The highest BCUT2D eigenvalue weighted by Gasteiger charge is 2.30. The van der Waals surface area contributed by atoms with E-state index < -0.39 is 0 Å². The van der Waals surface area contributed by atoms with Crippen LogP contribution < -0.4 is 0 Å². The topological polar surface area (TPSA) is 20.3 Å². The molecule has 52 valence electrons. The molecular formula is C7H13NO. The minimum atomic E-state index is 0.255. The molecule has 0 aliphatic carbocycles. The van der Waals surface area contributed by atoms with E-state index in [2.05, 4.69) is 6.92 Å². The average molecular weight is 127 g/mol. The molecule has 1 fully saturated rings. The second-order valence-electron chi connectivity index (χ2n) is 2.93. The maximum absolute atomic E-state index is 11.0. The molecule has 1 heterocycles. The SMILES string of the molecule is CC1CC(C)N(C)C1=O. The molecule has 2 nitrogen and oxygen atoms in total. The Bertz CT molecular complexity index is 133. The van der Waals surface area contributed by atoms with E-state index in [9.17, 15) is 4.79 Å². The molecule has 0 aromatic rings. The van der Waals surface area contributed by atoms with Crippen molar-refractivity contribution in [2.24, 2.45) is 5.92 Å². The summed E-state index contributed by atoms with van der Waals surface area (Å²) in [5.41, 5.74) is 0. The van der Waals surface area contributed by atoms with Crippen LogP contribution in [0, 0.1) is 5.92 Å². The second kappa shape index (κ2) is 2.01. The number of hydrogen-bond acceptors (Lipinski definition) is 1. The number of likely N-dealkylation sites (tertiary alicyclic amines) is 1. The fourth-order valence-corrected chi connectivity index (χ4v) is 1.34. The molecule has 0 spiro atoms. The highest BCUT2D eigenvalue weighted by molar-refractivity contribution is 5.80. The van der Waals surface area contributed by atoms with E-state index in [0.29, 0.717) is 11.9 Å². The Hall–Kier alpha value is -0.530. The molecule has 0 radical (unpaired) electrons. The number of carbonyl (C=O) groups is 1. The molecular weight excluding hydrogens is 114 g/mol. The summed E-state index contributed by atoms with van der Waals surface area (Å²) in [6.45, 7) is 4.07. The summed E-state index contributed by atoms with van der Waals surface area (Å²) in [6, 6.07) is 0.451. The Morgan fingerprint density at radius 1 is 1.56 bits per heavy atom. The molecule has 0 aromatic carbocycles. The summed E-state index contributed by atoms with van der Waals surface area (Å²) >= 11 is 0. The summed E-state index contributed by atoms with van der Waals surface area (Å²) < 4.78 is 0. The maximum Gasteiger partial charge on any atom is 0.225 e. The Morgan fingerprint density at radius 2 is 2.11 bits per heavy atom. The van der Waals surface area contributed by atoms with E-state index in [0.717, 1.165) is 6.42 Å². The molecule has 1 rings (SSSR count). The summed E-state index contributed by atoms with van der Waals surface area (Å²) in [6.07, 6.45) is 1.02. The van der Waals surface area contributed by atoms with E-state index in [4.69, 9.17) is 0 Å². The number of amides is 1. The standard InChI is InChI=1S/C7H13NO/c1-5-4-6(2)8(3)7(5)9/h5-6H,4H2,1-3H3.